The van der Waals surface area contributed by atoms with Gasteiger partial charge in [0.2, 0.25) is 5.52 Å². The average Bonchev–Trinajstić information content (AvgIpc) is 2.74. The summed E-state index contributed by atoms with van der Waals surface area (Å²) >= 11 is 0. The maximum absolute atomic E-state index is 15.0. The number of aryl methyl sites for hydroxylation is 3. The number of amides is 1. The van der Waals surface area contributed by atoms with Crippen LogP contribution in [0.4, 0.5) is 32.0 Å². The van der Waals surface area contributed by atoms with Gasteiger partial charge in [0, 0.05) is 34.3 Å². The summed E-state index contributed by atoms with van der Waals surface area (Å²) in [5.74, 6) is -5.46. The van der Waals surface area contributed by atoms with E-state index in [-0.39, 0.29) is 28.5 Å². The molecule has 1 heterocycles. The van der Waals surface area contributed by atoms with Gasteiger partial charge in [0.05, 0.1) is 0 Å². The number of hydrogen-bond donors (Lipinski definition) is 1. The zero-order valence-electron chi connectivity index (χ0n) is 18.0. The van der Waals surface area contributed by atoms with Crippen LogP contribution in [0.5, 0.6) is 0 Å². The molecule has 3 rings (SSSR count). The van der Waals surface area contributed by atoms with E-state index in [0.29, 0.717) is 12.1 Å². The largest absolute Gasteiger partial charge is 0.433 e. The Kier molecular flexibility index (Phi) is 6.04. The molecule has 0 radical (unpaired) electrons. The third-order valence-electron chi connectivity index (χ3n) is 5.53. The lowest BCUT2D eigenvalue weighted by Gasteiger charge is -2.34. The number of carbonyl (C=O) groups excluding carboxylic acids is 1. The first-order valence-electron chi connectivity index (χ1n) is 9.81. The summed E-state index contributed by atoms with van der Waals surface area (Å²) in [6, 6.07) is 9.91. The van der Waals surface area contributed by atoms with E-state index in [4.69, 9.17) is 0 Å². The number of carbonyl (C=O) groups is 1. The minimum atomic E-state index is -5.91. The minimum absolute atomic E-state index is 0.00308. The van der Waals surface area contributed by atoms with Crippen molar-refractivity contribution in [1.29, 1.82) is 0 Å². The van der Waals surface area contributed by atoms with Gasteiger partial charge >= 0.3 is 12.1 Å². The van der Waals surface area contributed by atoms with E-state index >= 15 is 0 Å². The number of fused-ring (bicyclic) bond motifs is 1. The highest BCUT2D eigenvalue weighted by molar-refractivity contribution is 6.06. The molecule has 0 saturated heterocycles. The van der Waals surface area contributed by atoms with E-state index in [0.717, 1.165) is 10.9 Å². The fourth-order valence-corrected chi connectivity index (χ4v) is 3.74. The summed E-state index contributed by atoms with van der Waals surface area (Å²) in [5.41, 5.74) is -4.99. The predicted molar refractivity (Wildman–Crippen MR) is 113 cm³/mol. The Morgan fingerprint density at radius 3 is 2.15 bits per heavy atom. The van der Waals surface area contributed by atoms with Crippen molar-refractivity contribution in [2.75, 3.05) is 5.32 Å². The highest BCUT2D eigenvalue weighted by Gasteiger charge is 2.71. The van der Waals surface area contributed by atoms with Crippen LogP contribution in [0.3, 0.4) is 0 Å². The Hall–Kier alpha value is -3.36. The zero-order valence-corrected chi connectivity index (χ0v) is 18.0. The topological polar surface area (TPSA) is 33.0 Å². The van der Waals surface area contributed by atoms with Crippen LogP contribution in [0.2, 0.25) is 0 Å². The summed E-state index contributed by atoms with van der Waals surface area (Å²) in [4.78, 5) is 12.8. The fraction of sp³-hybridized carbons (Fsp3) is 0.250. The molecule has 1 N–H and O–H groups in total. The van der Waals surface area contributed by atoms with Crippen LogP contribution in [-0.4, -0.2) is 18.0 Å². The smallest absolute Gasteiger partial charge is 0.322 e. The molecule has 3 aromatic rings. The van der Waals surface area contributed by atoms with Gasteiger partial charge in [-0.25, -0.2) is 8.96 Å². The second-order valence-corrected chi connectivity index (χ2v) is 7.82. The van der Waals surface area contributed by atoms with Gasteiger partial charge in [-0.15, -0.1) is 0 Å². The summed E-state index contributed by atoms with van der Waals surface area (Å²) < 4.78 is 85.3. The number of allylic oxidation sites excluding steroid dienone is 1. The van der Waals surface area contributed by atoms with Crippen LogP contribution in [0.15, 0.2) is 61.3 Å². The number of aromatic nitrogens is 1. The normalized spacial score (nSPS) is 14.1. The van der Waals surface area contributed by atoms with Gasteiger partial charge < -0.3 is 5.32 Å². The number of nitrogens with zero attached hydrogens (tertiary/aromatic N) is 1. The third kappa shape index (κ3) is 4.07. The van der Waals surface area contributed by atoms with Crippen LogP contribution in [0, 0.1) is 13.8 Å². The summed E-state index contributed by atoms with van der Waals surface area (Å²) in [5, 5.41) is 3.37. The highest BCUT2D eigenvalue weighted by Crippen LogP contribution is 2.53. The van der Waals surface area contributed by atoms with Crippen molar-refractivity contribution in [3.05, 3.63) is 83.6 Å². The number of anilines is 1. The van der Waals surface area contributed by atoms with E-state index in [1.807, 2.05) is 23.9 Å². The molecular weight excluding hydrogens is 446 g/mol. The molecule has 0 saturated carbocycles. The second-order valence-electron chi connectivity index (χ2n) is 7.82. The monoisotopic (exact) mass is 467 g/mol. The van der Waals surface area contributed by atoms with E-state index in [2.05, 4.69) is 11.9 Å². The minimum Gasteiger partial charge on any atom is -0.322 e. The Morgan fingerprint density at radius 2 is 1.61 bits per heavy atom. The van der Waals surface area contributed by atoms with Crippen molar-refractivity contribution in [2.24, 2.45) is 7.05 Å². The molecule has 1 aromatic heterocycles. The lowest BCUT2D eigenvalue weighted by atomic mass is 9.85. The highest BCUT2D eigenvalue weighted by atomic mass is 19.4. The van der Waals surface area contributed by atoms with Gasteiger partial charge in [0.25, 0.3) is 11.6 Å². The average molecular weight is 467 g/mol. The van der Waals surface area contributed by atoms with Crippen LogP contribution >= 0.6 is 0 Å². The van der Waals surface area contributed by atoms with Crippen LogP contribution in [0.25, 0.3) is 10.9 Å². The van der Waals surface area contributed by atoms with Crippen molar-refractivity contribution in [2.45, 2.75) is 31.6 Å². The molecule has 2 aromatic carbocycles. The summed E-state index contributed by atoms with van der Waals surface area (Å²) in [7, 11) is 1.85. The molecular formula is C24H21F6N2O+. The number of rotatable bonds is 5. The molecule has 0 fully saturated rings. The molecule has 1 unspecified atom stereocenters. The number of pyridine rings is 1. The molecule has 0 aliphatic carbocycles. The molecule has 0 bridgehead atoms. The molecule has 0 spiro atoms. The van der Waals surface area contributed by atoms with Crippen molar-refractivity contribution in [3.63, 3.8) is 0 Å². The molecule has 0 aliphatic heterocycles. The van der Waals surface area contributed by atoms with Gasteiger partial charge in [0.15, 0.2) is 6.20 Å². The standard InChI is InChI=1S/C24H20F6N2O/c1-5-22(25,26)23(27,24(28,29)30)18-11-14(2)20(15(3)12-18)31-21(33)17-8-9-19-16(13-17)7-6-10-32(19)4/h5-13H,1H2,2-4H3/p+1. The first kappa shape index (κ1) is 24.3. The van der Waals surface area contributed by atoms with Crippen LogP contribution in [-0.2, 0) is 12.7 Å². The molecule has 33 heavy (non-hydrogen) atoms. The van der Waals surface area contributed by atoms with Crippen LogP contribution in [0.1, 0.15) is 27.0 Å². The summed E-state index contributed by atoms with van der Waals surface area (Å²) in [6.07, 6.45) is -4.42. The van der Waals surface area contributed by atoms with Gasteiger partial charge in [-0.3, -0.25) is 4.79 Å². The third-order valence-corrected chi connectivity index (χ3v) is 5.53. The van der Waals surface area contributed by atoms with Gasteiger partial charge in [0.1, 0.15) is 7.05 Å². The van der Waals surface area contributed by atoms with E-state index < -0.39 is 29.2 Å². The summed E-state index contributed by atoms with van der Waals surface area (Å²) in [6.45, 7) is 5.25. The van der Waals surface area contributed by atoms with Crippen molar-refractivity contribution < 1.29 is 35.7 Å². The molecule has 1 atom stereocenters. The maximum Gasteiger partial charge on any atom is 0.433 e. The van der Waals surface area contributed by atoms with Crippen LogP contribution < -0.4 is 9.88 Å². The van der Waals surface area contributed by atoms with Crippen molar-refractivity contribution >= 4 is 22.5 Å². The Labute approximate surface area is 186 Å². The van der Waals surface area contributed by atoms with Crippen molar-refractivity contribution in [3.8, 4) is 0 Å². The lowest BCUT2D eigenvalue weighted by molar-refractivity contribution is -0.644. The van der Waals surface area contributed by atoms with E-state index in [1.165, 1.54) is 13.8 Å². The van der Waals surface area contributed by atoms with Gasteiger partial charge in [-0.2, -0.15) is 22.0 Å². The van der Waals surface area contributed by atoms with Crippen molar-refractivity contribution in [1.82, 2.24) is 0 Å². The molecule has 0 aliphatic rings. The lowest BCUT2D eigenvalue weighted by Crippen LogP contribution is -2.51. The number of hydrogen-bond acceptors (Lipinski definition) is 1. The van der Waals surface area contributed by atoms with Gasteiger partial charge in [-0.1, -0.05) is 18.7 Å². The first-order chi connectivity index (χ1) is 15.2. The molecule has 1 amide bonds. The molecule has 3 nitrogen and oxygen atoms in total. The Morgan fingerprint density at radius 1 is 1.00 bits per heavy atom. The zero-order chi connectivity index (χ0) is 24.8. The Balaban J connectivity index is 2.01. The maximum atomic E-state index is 15.0. The number of nitrogens with one attached hydrogen (secondary N) is 1. The SMILES string of the molecule is C=CC(F)(F)C(F)(c1cc(C)c(NC(=O)c2ccc3c(ccc[n+]3C)c2)c(C)c1)C(F)(F)F. The molecule has 174 valence electrons. The number of halogens is 6. The number of alkyl halides is 6. The molecule has 9 heteroatoms. The predicted octanol–water partition coefficient (Wildman–Crippen LogP) is 6.08. The number of benzene rings is 2. The first-order valence-corrected chi connectivity index (χ1v) is 9.81. The quantitative estimate of drug-likeness (QED) is 0.275. The second kappa shape index (κ2) is 8.20. The van der Waals surface area contributed by atoms with E-state index in [9.17, 15) is 31.1 Å². The van der Waals surface area contributed by atoms with Gasteiger partial charge in [-0.05, 0) is 49.2 Å². The Bertz CT molecular complexity index is 1230. The fourth-order valence-electron chi connectivity index (χ4n) is 3.74. The van der Waals surface area contributed by atoms with E-state index in [1.54, 1.807) is 24.3 Å².